The first kappa shape index (κ1) is 24.7. The quantitative estimate of drug-likeness (QED) is 0.218. The van der Waals surface area contributed by atoms with Gasteiger partial charge in [-0.05, 0) is 24.6 Å². The average Bonchev–Trinajstić information content (AvgIpc) is 2.43. The third-order valence-corrected chi connectivity index (χ3v) is 3.29. The van der Waals surface area contributed by atoms with Crippen molar-refractivity contribution in [2.45, 2.75) is 64.2 Å². The highest BCUT2D eigenvalue weighted by Crippen LogP contribution is 2.26. The molecule has 0 aromatic rings. The Bertz CT molecular complexity index is 249. The largest absolute Gasteiger partial charge is 0.396 e. The molecule has 136 valence electrons. The maximum atomic E-state index is 8.89. The third-order valence-electron chi connectivity index (χ3n) is 3.29. The fourth-order valence-electron chi connectivity index (χ4n) is 2.02. The topological polar surface area (TPSA) is 121 Å². The van der Waals surface area contributed by atoms with Crippen LogP contribution in [0.3, 0.4) is 0 Å². The van der Waals surface area contributed by atoms with Crippen LogP contribution in [-0.4, -0.2) is 49.8 Å². The molecule has 0 saturated heterocycles. The second-order valence-corrected chi connectivity index (χ2v) is 7.93. The molecule has 0 aromatic carbocycles. The maximum absolute atomic E-state index is 8.89. The molecule has 0 unspecified atom stereocenters. The van der Waals surface area contributed by atoms with Crippen LogP contribution in [0.2, 0.25) is 0 Å². The summed E-state index contributed by atoms with van der Waals surface area (Å²) in [6, 6.07) is 0. The van der Waals surface area contributed by atoms with Crippen molar-refractivity contribution >= 4 is 18.5 Å². The first-order chi connectivity index (χ1) is 10.3. The average molecular weight is 360 g/mol. The summed E-state index contributed by atoms with van der Waals surface area (Å²) < 4.78 is 0. The molecular weight excluding hydrogens is 327 g/mol. The van der Waals surface area contributed by atoms with E-state index in [1.807, 2.05) is 0 Å². The molecular formula is C14H33O6PS. The maximum Gasteiger partial charge on any atom is 0.319 e. The Morgan fingerprint density at radius 1 is 0.636 bits per heavy atom. The monoisotopic (exact) mass is 360 g/mol. The summed E-state index contributed by atoms with van der Waals surface area (Å²) in [5, 5.41) is 26.4. The lowest BCUT2D eigenvalue weighted by molar-refractivity contribution is 0.141. The molecule has 0 rings (SSSR count). The lowest BCUT2D eigenvalue weighted by atomic mass is 10.0. The van der Waals surface area contributed by atoms with Crippen LogP contribution in [0.1, 0.15) is 64.2 Å². The van der Waals surface area contributed by atoms with Gasteiger partial charge in [0.05, 0.1) is 0 Å². The highest BCUT2D eigenvalue weighted by molar-refractivity contribution is 8.06. The van der Waals surface area contributed by atoms with E-state index < -0.39 is 6.72 Å². The molecule has 0 atom stereocenters. The molecule has 0 aliphatic carbocycles. The van der Waals surface area contributed by atoms with Crippen molar-refractivity contribution in [2.24, 2.45) is 5.92 Å². The molecule has 0 bridgehead atoms. The minimum Gasteiger partial charge on any atom is -0.396 e. The number of rotatable bonds is 13. The third kappa shape index (κ3) is 28.6. The van der Waals surface area contributed by atoms with Crippen molar-refractivity contribution in [1.82, 2.24) is 0 Å². The van der Waals surface area contributed by atoms with Crippen LogP contribution in [0, 0.1) is 5.92 Å². The Labute approximate surface area is 139 Å². The Morgan fingerprint density at radius 2 is 0.955 bits per heavy atom. The highest BCUT2D eigenvalue weighted by Gasteiger charge is 2.04. The molecule has 22 heavy (non-hydrogen) atoms. The minimum atomic E-state index is -3.81. The van der Waals surface area contributed by atoms with Gasteiger partial charge in [-0.1, -0.05) is 51.4 Å². The van der Waals surface area contributed by atoms with Gasteiger partial charge in [-0.25, -0.2) is 0 Å². The molecule has 0 spiro atoms. The smallest absolute Gasteiger partial charge is 0.319 e. The predicted octanol–water partition coefficient (Wildman–Crippen LogP) is 1.67. The predicted molar refractivity (Wildman–Crippen MR) is 91.9 cm³/mol. The molecule has 6 N–H and O–H groups in total. The van der Waals surface area contributed by atoms with Crippen LogP contribution in [0.5, 0.6) is 0 Å². The van der Waals surface area contributed by atoms with Crippen molar-refractivity contribution in [2.75, 3.05) is 19.8 Å². The van der Waals surface area contributed by atoms with Crippen molar-refractivity contribution in [3.8, 4) is 0 Å². The van der Waals surface area contributed by atoms with E-state index in [1.165, 1.54) is 38.5 Å². The number of aliphatic hydroxyl groups excluding tert-OH is 3. The van der Waals surface area contributed by atoms with Crippen LogP contribution >= 0.6 is 6.72 Å². The fraction of sp³-hybridized carbons (Fsp3) is 1.00. The van der Waals surface area contributed by atoms with Crippen molar-refractivity contribution in [1.29, 1.82) is 0 Å². The zero-order valence-electron chi connectivity index (χ0n) is 13.3. The second-order valence-electron chi connectivity index (χ2n) is 5.44. The van der Waals surface area contributed by atoms with Gasteiger partial charge in [0.1, 0.15) is 0 Å². The lowest BCUT2D eigenvalue weighted by Gasteiger charge is -2.09. The first-order valence-corrected chi connectivity index (χ1v) is 10.6. The molecule has 0 fully saturated rings. The van der Waals surface area contributed by atoms with Gasteiger partial charge in [0, 0.05) is 25.7 Å². The van der Waals surface area contributed by atoms with E-state index in [9.17, 15) is 0 Å². The number of unbranched alkanes of at least 4 members (excludes halogenated alkanes) is 8. The summed E-state index contributed by atoms with van der Waals surface area (Å²) in [6.07, 6.45) is 11.8. The highest BCUT2D eigenvalue weighted by atomic mass is 32.5. The van der Waals surface area contributed by atoms with E-state index in [1.54, 1.807) is 0 Å². The van der Waals surface area contributed by atoms with Gasteiger partial charge >= 0.3 is 6.72 Å². The molecule has 0 heterocycles. The molecule has 0 aromatic heterocycles. The van der Waals surface area contributed by atoms with Gasteiger partial charge in [0.2, 0.25) is 0 Å². The standard InChI is InChI=1S/C14H30O3.H3O3PS/c15-11-9-7-5-3-1-2-4-6-8-10-14(12-16)13-17;1-4(2,3)5/h14-17H,1-13H2;(H3,1,2,3,5). The lowest BCUT2D eigenvalue weighted by Crippen LogP contribution is -2.10. The summed E-state index contributed by atoms with van der Waals surface area (Å²) in [6.45, 7) is -3.25. The summed E-state index contributed by atoms with van der Waals surface area (Å²) in [5.41, 5.74) is 0. The number of hydrogen-bond acceptors (Lipinski definition) is 4. The van der Waals surface area contributed by atoms with Crippen LogP contribution in [0.15, 0.2) is 0 Å². The SMILES string of the molecule is OCCCCCCCCCCCC(CO)CO.OP(O)(O)=S. The second kappa shape index (κ2) is 17.8. The van der Waals surface area contributed by atoms with Gasteiger partial charge in [-0.2, -0.15) is 0 Å². The molecule has 6 nitrogen and oxygen atoms in total. The van der Waals surface area contributed by atoms with Crippen molar-refractivity contribution in [3.63, 3.8) is 0 Å². The normalized spacial score (nSPS) is 11.4. The minimum absolute atomic E-state index is 0.0912. The van der Waals surface area contributed by atoms with E-state index in [0.29, 0.717) is 6.61 Å². The van der Waals surface area contributed by atoms with Gasteiger partial charge in [-0.3, -0.25) is 0 Å². The fourth-order valence-corrected chi connectivity index (χ4v) is 2.02. The molecule has 0 radical (unpaired) electrons. The zero-order chi connectivity index (χ0) is 17.3. The molecule has 0 aliphatic rings. The van der Waals surface area contributed by atoms with Crippen LogP contribution in [0.25, 0.3) is 0 Å². The van der Waals surface area contributed by atoms with Crippen LogP contribution < -0.4 is 0 Å². The van der Waals surface area contributed by atoms with E-state index in [2.05, 4.69) is 11.8 Å². The number of aliphatic hydroxyl groups is 3. The van der Waals surface area contributed by atoms with E-state index in [0.717, 1.165) is 25.7 Å². The van der Waals surface area contributed by atoms with Crippen LogP contribution in [-0.2, 0) is 11.8 Å². The molecule has 0 aliphatic heterocycles. The first-order valence-electron chi connectivity index (χ1n) is 7.96. The van der Waals surface area contributed by atoms with Crippen LogP contribution in [0.4, 0.5) is 0 Å². The molecule has 0 amide bonds. The van der Waals surface area contributed by atoms with E-state index in [-0.39, 0.29) is 19.1 Å². The van der Waals surface area contributed by atoms with Gasteiger partial charge < -0.3 is 30.0 Å². The summed E-state index contributed by atoms with van der Waals surface area (Å²) in [4.78, 5) is 22.7. The van der Waals surface area contributed by atoms with E-state index >= 15 is 0 Å². The van der Waals surface area contributed by atoms with Gasteiger partial charge in [0.25, 0.3) is 0 Å². The molecule has 0 saturated carbocycles. The summed E-state index contributed by atoms with van der Waals surface area (Å²) in [5.74, 6) is 0.0912. The van der Waals surface area contributed by atoms with Gasteiger partial charge in [0.15, 0.2) is 0 Å². The van der Waals surface area contributed by atoms with Gasteiger partial charge in [-0.15, -0.1) is 0 Å². The molecule has 8 heteroatoms. The van der Waals surface area contributed by atoms with Crippen molar-refractivity contribution < 1.29 is 30.0 Å². The Balaban J connectivity index is 0. The van der Waals surface area contributed by atoms with E-state index in [4.69, 9.17) is 30.0 Å². The Morgan fingerprint density at radius 3 is 1.27 bits per heavy atom. The summed E-state index contributed by atoms with van der Waals surface area (Å²) >= 11 is 3.60. The summed E-state index contributed by atoms with van der Waals surface area (Å²) in [7, 11) is 0. The Kier molecular flexibility index (Phi) is 19.9. The Hall–Kier alpha value is 0.410. The number of hydrogen-bond donors (Lipinski definition) is 6. The zero-order valence-corrected chi connectivity index (χ0v) is 15.0. The van der Waals surface area contributed by atoms with Crippen molar-refractivity contribution in [3.05, 3.63) is 0 Å².